The second kappa shape index (κ2) is 10.7. The van der Waals surface area contributed by atoms with Gasteiger partial charge in [-0.2, -0.15) is 0 Å². The van der Waals surface area contributed by atoms with Gasteiger partial charge in [-0.05, 0) is 38.5 Å². The zero-order valence-electron chi connectivity index (χ0n) is 19.2. The number of aliphatic imine (C=N–C) groups is 1. The van der Waals surface area contributed by atoms with Gasteiger partial charge in [0.15, 0.2) is 5.72 Å². The van der Waals surface area contributed by atoms with Crippen LogP contribution in [0, 0.1) is 22.0 Å². The number of rotatable bonds is 7. The van der Waals surface area contributed by atoms with Crippen molar-refractivity contribution in [1.82, 2.24) is 0 Å². The summed E-state index contributed by atoms with van der Waals surface area (Å²) in [4.78, 5) is 41.7. The summed E-state index contributed by atoms with van der Waals surface area (Å²) in [5.74, 6) is -5.22. The molecule has 0 aromatic heterocycles. The van der Waals surface area contributed by atoms with E-state index in [1.807, 2.05) is 0 Å². The fraction of sp³-hybridized carbons (Fsp3) is 0.375. The largest absolute Gasteiger partial charge is 0.466 e. The molecule has 186 valence electrons. The molecule has 0 fully saturated rings. The van der Waals surface area contributed by atoms with E-state index in [-0.39, 0.29) is 45.8 Å². The number of ether oxygens (including phenoxy) is 2. The van der Waals surface area contributed by atoms with Gasteiger partial charge in [-0.25, -0.2) is 0 Å². The zero-order valence-corrected chi connectivity index (χ0v) is 20.7. The average molecular weight is 523 g/mol. The van der Waals surface area contributed by atoms with Crippen LogP contribution >= 0.6 is 23.2 Å². The summed E-state index contributed by atoms with van der Waals surface area (Å²) in [5, 5.41) is 23.8. The van der Waals surface area contributed by atoms with E-state index in [9.17, 15) is 24.8 Å². The van der Waals surface area contributed by atoms with Crippen LogP contribution in [0.15, 0.2) is 47.5 Å². The number of carbonyl (C=O) groups is 2. The van der Waals surface area contributed by atoms with E-state index in [1.54, 1.807) is 19.9 Å². The van der Waals surface area contributed by atoms with Gasteiger partial charge in [-0.15, -0.1) is 0 Å². The molecule has 2 aromatic rings. The normalized spacial score (nSPS) is 23.8. The van der Waals surface area contributed by atoms with Crippen LogP contribution in [-0.4, -0.2) is 40.9 Å². The Morgan fingerprint density at radius 2 is 1.74 bits per heavy atom. The molecular weight excluding hydrogens is 499 g/mol. The molecule has 0 saturated carbocycles. The van der Waals surface area contributed by atoms with Crippen LogP contribution in [0.3, 0.4) is 0 Å². The number of non-ortho nitro benzene ring substituents is 1. The first-order valence-corrected chi connectivity index (χ1v) is 11.6. The van der Waals surface area contributed by atoms with Crippen molar-refractivity contribution < 1.29 is 29.1 Å². The van der Waals surface area contributed by atoms with E-state index in [2.05, 4.69) is 4.99 Å². The van der Waals surface area contributed by atoms with Crippen molar-refractivity contribution in [2.45, 2.75) is 32.4 Å². The Bertz CT molecular complexity index is 1190. The molecular formula is C24H24Cl2N2O7. The van der Waals surface area contributed by atoms with Gasteiger partial charge < -0.3 is 14.6 Å². The lowest BCUT2D eigenvalue weighted by Crippen LogP contribution is -2.52. The van der Waals surface area contributed by atoms with Crippen LogP contribution < -0.4 is 0 Å². The molecule has 2 aromatic carbocycles. The lowest BCUT2D eigenvalue weighted by atomic mass is 9.66. The fourth-order valence-corrected chi connectivity index (χ4v) is 4.70. The smallest absolute Gasteiger partial charge is 0.315 e. The second-order valence-electron chi connectivity index (χ2n) is 7.95. The van der Waals surface area contributed by atoms with Crippen LogP contribution in [0.4, 0.5) is 5.69 Å². The topological polar surface area (TPSA) is 128 Å². The molecule has 0 saturated heterocycles. The van der Waals surface area contributed by atoms with Crippen molar-refractivity contribution in [1.29, 1.82) is 0 Å². The number of nitrogens with zero attached hydrogens (tertiary/aromatic N) is 2. The highest BCUT2D eigenvalue weighted by Gasteiger charge is 2.57. The fourth-order valence-electron chi connectivity index (χ4n) is 4.40. The van der Waals surface area contributed by atoms with Crippen LogP contribution in [0.2, 0.25) is 10.0 Å². The van der Waals surface area contributed by atoms with Crippen molar-refractivity contribution >= 4 is 46.5 Å². The van der Waals surface area contributed by atoms with Gasteiger partial charge in [0.2, 0.25) is 0 Å². The number of nitro groups is 1. The summed E-state index contributed by atoms with van der Waals surface area (Å²) < 4.78 is 10.5. The average Bonchev–Trinajstić information content (AvgIpc) is 2.80. The van der Waals surface area contributed by atoms with Gasteiger partial charge in [0.05, 0.1) is 28.2 Å². The molecule has 0 bridgehead atoms. The third kappa shape index (κ3) is 5.17. The van der Waals surface area contributed by atoms with Gasteiger partial charge in [-0.3, -0.25) is 24.7 Å². The minimum absolute atomic E-state index is 0.0127. The Hall–Kier alpha value is -3.01. The molecule has 35 heavy (non-hydrogen) atoms. The highest BCUT2D eigenvalue weighted by molar-refractivity contribution is 6.42. The first-order valence-electron chi connectivity index (χ1n) is 10.9. The first kappa shape index (κ1) is 26.6. The maximum absolute atomic E-state index is 13.4. The van der Waals surface area contributed by atoms with Gasteiger partial charge in [0.25, 0.3) is 5.69 Å². The maximum atomic E-state index is 13.4. The quantitative estimate of drug-likeness (QED) is 0.318. The summed E-state index contributed by atoms with van der Waals surface area (Å²) in [7, 11) is 0. The molecule has 11 heteroatoms. The molecule has 1 N–H and O–H groups in total. The van der Waals surface area contributed by atoms with Crippen LogP contribution in [0.5, 0.6) is 0 Å². The number of hydrogen-bond acceptors (Lipinski definition) is 8. The monoisotopic (exact) mass is 522 g/mol. The van der Waals surface area contributed by atoms with Gasteiger partial charge in [0, 0.05) is 29.3 Å². The van der Waals surface area contributed by atoms with Crippen molar-refractivity contribution in [3.05, 3.63) is 73.8 Å². The highest BCUT2D eigenvalue weighted by atomic mass is 35.5. The van der Waals surface area contributed by atoms with E-state index in [0.29, 0.717) is 0 Å². The predicted molar refractivity (Wildman–Crippen MR) is 130 cm³/mol. The molecule has 0 aliphatic carbocycles. The Kier molecular flexibility index (Phi) is 8.15. The SMILES string of the molecule is CCOC(=O)C1C(C)=NC(O)(c2ccc(Cl)c(Cl)c2)C(C(=O)OCC)C1c1cccc([N+](=O)[O-])c1. The molecule has 3 rings (SSSR count). The van der Waals surface area contributed by atoms with Gasteiger partial charge in [-0.1, -0.05) is 41.4 Å². The molecule has 1 aliphatic rings. The van der Waals surface area contributed by atoms with Crippen LogP contribution in [0.25, 0.3) is 0 Å². The predicted octanol–water partition coefficient (Wildman–Crippen LogP) is 4.66. The number of esters is 2. The summed E-state index contributed by atoms with van der Waals surface area (Å²) >= 11 is 12.2. The van der Waals surface area contributed by atoms with Crippen molar-refractivity contribution in [2.75, 3.05) is 13.2 Å². The summed E-state index contributed by atoms with van der Waals surface area (Å²) in [6.45, 7) is 4.80. The lowest BCUT2D eigenvalue weighted by Gasteiger charge is -2.43. The first-order chi connectivity index (χ1) is 16.5. The maximum Gasteiger partial charge on any atom is 0.315 e. The second-order valence-corrected chi connectivity index (χ2v) is 8.76. The number of hydrogen-bond donors (Lipinski definition) is 1. The summed E-state index contributed by atoms with van der Waals surface area (Å²) in [6.07, 6.45) is 0. The van der Waals surface area contributed by atoms with Gasteiger partial charge >= 0.3 is 11.9 Å². The molecule has 4 atom stereocenters. The van der Waals surface area contributed by atoms with E-state index in [0.717, 1.165) is 0 Å². The van der Waals surface area contributed by atoms with Crippen LogP contribution in [-0.2, 0) is 24.8 Å². The highest BCUT2D eigenvalue weighted by Crippen LogP contribution is 2.50. The van der Waals surface area contributed by atoms with Crippen molar-refractivity contribution in [2.24, 2.45) is 16.8 Å². The third-order valence-electron chi connectivity index (χ3n) is 5.84. The molecule has 1 heterocycles. The molecule has 0 amide bonds. The molecule has 0 spiro atoms. The minimum Gasteiger partial charge on any atom is -0.466 e. The van der Waals surface area contributed by atoms with Crippen LogP contribution in [0.1, 0.15) is 37.8 Å². The summed E-state index contributed by atoms with van der Waals surface area (Å²) in [6, 6.07) is 9.83. The van der Waals surface area contributed by atoms with E-state index < -0.39 is 40.3 Å². The van der Waals surface area contributed by atoms with Gasteiger partial charge in [0.1, 0.15) is 11.8 Å². The molecule has 0 radical (unpaired) electrons. The van der Waals surface area contributed by atoms with Crippen molar-refractivity contribution in [3.8, 4) is 0 Å². The molecule has 4 unspecified atom stereocenters. The number of aliphatic hydroxyl groups is 1. The summed E-state index contributed by atoms with van der Waals surface area (Å²) in [5.41, 5.74) is -1.88. The lowest BCUT2D eigenvalue weighted by molar-refractivity contribution is -0.385. The van der Waals surface area contributed by atoms with E-state index in [4.69, 9.17) is 32.7 Å². The number of nitro benzene ring substituents is 1. The Labute approximate surface area is 211 Å². The number of carbonyl (C=O) groups excluding carboxylic acids is 2. The number of halogens is 2. The number of benzene rings is 2. The zero-order chi connectivity index (χ0) is 25.9. The minimum atomic E-state index is -2.22. The van der Waals surface area contributed by atoms with Crippen molar-refractivity contribution in [3.63, 3.8) is 0 Å². The Morgan fingerprint density at radius 3 is 2.34 bits per heavy atom. The third-order valence-corrected chi connectivity index (χ3v) is 6.58. The molecule has 9 nitrogen and oxygen atoms in total. The van der Waals surface area contributed by atoms with E-state index in [1.165, 1.54) is 43.3 Å². The standard InChI is InChI=1S/C24H24Cl2N2O7/c1-4-34-22(29)19-13(3)27-24(31,15-9-10-17(25)18(26)12-15)21(23(30)35-5-2)20(19)14-7-6-8-16(11-14)28(32)33/h6-12,19-21,31H,4-5H2,1-3H3. The molecule has 1 aliphatic heterocycles. The Balaban J connectivity index is 2.35. The Morgan fingerprint density at radius 1 is 1.09 bits per heavy atom. The van der Waals surface area contributed by atoms with E-state index >= 15 is 0 Å².